The van der Waals surface area contributed by atoms with Crippen molar-refractivity contribution in [3.05, 3.63) is 52.3 Å². The van der Waals surface area contributed by atoms with E-state index in [1.807, 2.05) is 62.5 Å². The van der Waals surface area contributed by atoms with E-state index in [4.69, 9.17) is 14.2 Å². The Bertz CT molecular complexity index is 1240. The van der Waals surface area contributed by atoms with E-state index >= 15 is 0 Å². The molecule has 0 radical (unpaired) electrons. The zero-order valence-corrected chi connectivity index (χ0v) is 21.8. The summed E-state index contributed by atoms with van der Waals surface area (Å²) in [6.45, 7) is 8.93. The molecule has 0 aliphatic carbocycles. The number of amides is 2. The van der Waals surface area contributed by atoms with Crippen LogP contribution < -0.4 is 24.4 Å². The van der Waals surface area contributed by atoms with Crippen LogP contribution >= 0.6 is 11.3 Å². The quantitative estimate of drug-likeness (QED) is 0.436. The summed E-state index contributed by atoms with van der Waals surface area (Å²) in [5.74, 6) is 1.48. The van der Waals surface area contributed by atoms with E-state index in [1.165, 1.54) is 4.90 Å². The van der Waals surface area contributed by atoms with Gasteiger partial charge in [0.15, 0.2) is 17.6 Å². The highest BCUT2D eigenvalue weighted by Crippen LogP contribution is 2.37. The number of benzene rings is 2. The third-order valence-electron chi connectivity index (χ3n) is 5.73. The van der Waals surface area contributed by atoms with Gasteiger partial charge >= 0.3 is 0 Å². The first-order valence-electron chi connectivity index (χ1n) is 12.1. The van der Waals surface area contributed by atoms with Crippen molar-refractivity contribution in [2.24, 2.45) is 0 Å². The van der Waals surface area contributed by atoms with Crippen LogP contribution in [0, 0.1) is 6.92 Å². The van der Waals surface area contributed by atoms with Crippen LogP contribution in [0.5, 0.6) is 17.2 Å². The number of carbonyl (C=O) groups excluding carboxylic acids is 2. The summed E-state index contributed by atoms with van der Waals surface area (Å²) in [6.07, 6.45) is -0.0474. The molecule has 1 aliphatic heterocycles. The molecule has 1 N–H and O–H groups in total. The van der Waals surface area contributed by atoms with E-state index in [1.54, 1.807) is 18.3 Å². The summed E-state index contributed by atoms with van der Waals surface area (Å²) in [7, 11) is 0. The summed E-state index contributed by atoms with van der Waals surface area (Å²) in [5.41, 5.74) is 3.30. The lowest BCUT2D eigenvalue weighted by Crippen LogP contribution is -2.49. The molecule has 0 bridgehead atoms. The first-order valence-corrected chi connectivity index (χ1v) is 13.0. The molecule has 36 heavy (non-hydrogen) atoms. The van der Waals surface area contributed by atoms with Crippen molar-refractivity contribution in [3.63, 3.8) is 0 Å². The molecular weight excluding hydrogens is 478 g/mol. The van der Waals surface area contributed by atoms with E-state index in [9.17, 15) is 9.59 Å². The van der Waals surface area contributed by atoms with Gasteiger partial charge in [-0.1, -0.05) is 6.07 Å². The molecule has 2 aromatic carbocycles. The molecule has 4 rings (SSSR count). The smallest absolute Gasteiger partial charge is 0.268 e. The van der Waals surface area contributed by atoms with Crippen molar-refractivity contribution < 1.29 is 23.8 Å². The number of ether oxygens (including phenoxy) is 3. The molecule has 0 fully saturated rings. The van der Waals surface area contributed by atoms with Crippen LogP contribution in [-0.4, -0.2) is 49.2 Å². The minimum Gasteiger partial charge on any atom is -0.490 e. The number of hydrogen-bond donors (Lipinski definition) is 1. The highest BCUT2D eigenvalue weighted by molar-refractivity contribution is 7.09. The Morgan fingerprint density at radius 3 is 2.64 bits per heavy atom. The second kappa shape index (κ2) is 11.4. The Kier molecular flexibility index (Phi) is 8.10. The molecule has 2 heterocycles. The fourth-order valence-electron chi connectivity index (χ4n) is 4.02. The highest BCUT2D eigenvalue weighted by Gasteiger charge is 2.33. The van der Waals surface area contributed by atoms with E-state index in [0.29, 0.717) is 49.1 Å². The van der Waals surface area contributed by atoms with Gasteiger partial charge in [-0.15, -0.1) is 11.3 Å². The zero-order chi connectivity index (χ0) is 25.7. The summed E-state index contributed by atoms with van der Waals surface area (Å²) in [4.78, 5) is 31.8. The number of thiazole rings is 1. The molecular formula is C27H31N3O5S. The van der Waals surface area contributed by atoms with Crippen LogP contribution in [0.15, 0.2) is 41.8 Å². The van der Waals surface area contributed by atoms with Crippen molar-refractivity contribution >= 4 is 28.8 Å². The number of anilines is 1. The molecule has 0 saturated carbocycles. The van der Waals surface area contributed by atoms with Gasteiger partial charge in [-0.25, -0.2) is 4.98 Å². The van der Waals surface area contributed by atoms with Gasteiger partial charge in [-0.3, -0.25) is 14.5 Å². The Morgan fingerprint density at radius 1 is 1.14 bits per heavy atom. The zero-order valence-electron chi connectivity index (χ0n) is 21.0. The van der Waals surface area contributed by atoms with Crippen LogP contribution in [0.3, 0.4) is 0 Å². The summed E-state index contributed by atoms with van der Waals surface area (Å²) in [5, 5.41) is 5.86. The molecule has 1 atom stereocenters. The van der Waals surface area contributed by atoms with E-state index in [2.05, 4.69) is 10.3 Å². The third kappa shape index (κ3) is 5.79. The number of nitrogens with one attached hydrogen (secondary N) is 1. The average molecular weight is 510 g/mol. The molecule has 3 aromatic rings. The minimum absolute atomic E-state index is 0.0907. The lowest BCUT2D eigenvalue weighted by Gasteiger charge is -2.32. The first kappa shape index (κ1) is 25.5. The molecule has 0 spiro atoms. The predicted octanol–water partition coefficient (Wildman–Crippen LogP) is 4.39. The van der Waals surface area contributed by atoms with Gasteiger partial charge in [-0.05, 0) is 70.0 Å². The fraction of sp³-hybridized carbons (Fsp3) is 0.370. The first-order chi connectivity index (χ1) is 17.4. The van der Waals surface area contributed by atoms with Crippen LogP contribution in [0.2, 0.25) is 0 Å². The lowest BCUT2D eigenvalue weighted by molar-refractivity contribution is -0.128. The largest absolute Gasteiger partial charge is 0.490 e. The summed E-state index contributed by atoms with van der Waals surface area (Å²) < 4.78 is 17.1. The molecule has 1 aromatic heterocycles. The molecule has 1 unspecified atom stereocenters. The third-order valence-corrected chi connectivity index (χ3v) is 6.50. The normalized spacial score (nSPS) is 14.7. The van der Waals surface area contributed by atoms with Gasteiger partial charge in [0.25, 0.3) is 5.91 Å². The van der Waals surface area contributed by atoms with Crippen molar-refractivity contribution in [2.45, 2.75) is 40.2 Å². The monoisotopic (exact) mass is 509 g/mol. The van der Waals surface area contributed by atoms with Gasteiger partial charge in [-0.2, -0.15) is 0 Å². The Labute approximate surface area is 215 Å². The van der Waals surface area contributed by atoms with E-state index in [-0.39, 0.29) is 18.4 Å². The molecule has 190 valence electrons. The summed E-state index contributed by atoms with van der Waals surface area (Å²) in [6, 6.07) is 11.4. The maximum Gasteiger partial charge on any atom is 0.268 e. The van der Waals surface area contributed by atoms with Gasteiger partial charge in [0.2, 0.25) is 5.91 Å². The van der Waals surface area contributed by atoms with E-state index in [0.717, 1.165) is 21.8 Å². The highest BCUT2D eigenvalue weighted by atomic mass is 32.1. The standard InChI is InChI=1S/C27H31N3O5S/c1-5-33-24-9-7-19(13-25(24)34-6-2)11-12-28-26(31)15-30-22-14-20(21-16-36-18(4)29-21)8-10-23(22)35-17(3)27(30)32/h7-10,13-14,16-17H,5-6,11-12,15H2,1-4H3,(H,28,31). The molecule has 1 aliphatic rings. The van der Waals surface area contributed by atoms with Crippen molar-refractivity contribution in [1.82, 2.24) is 10.3 Å². The van der Waals surface area contributed by atoms with E-state index < -0.39 is 6.10 Å². The van der Waals surface area contributed by atoms with Gasteiger partial charge < -0.3 is 19.5 Å². The fourth-order valence-corrected chi connectivity index (χ4v) is 4.64. The Morgan fingerprint density at radius 2 is 1.92 bits per heavy atom. The molecule has 8 nitrogen and oxygen atoms in total. The van der Waals surface area contributed by atoms with Gasteiger partial charge in [0.1, 0.15) is 12.3 Å². The van der Waals surface area contributed by atoms with Crippen LogP contribution in [0.25, 0.3) is 11.3 Å². The van der Waals surface area contributed by atoms with Crippen LogP contribution in [0.1, 0.15) is 31.3 Å². The van der Waals surface area contributed by atoms with Crippen LogP contribution in [0.4, 0.5) is 5.69 Å². The SMILES string of the molecule is CCOc1ccc(CCNC(=O)CN2C(=O)C(C)Oc3ccc(-c4csc(C)n4)cc32)cc1OCC. The van der Waals surface area contributed by atoms with Crippen molar-refractivity contribution in [3.8, 4) is 28.5 Å². The van der Waals surface area contributed by atoms with Crippen molar-refractivity contribution in [2.75, 3.05) is 31.2 Å². The molecule has 9 heteroatoms. The Hall–Kier alpha value is -3.59. The minimum atomic E-state index is -0.668. The number of aromatic nitrogens is 1. The number of nitrogens with zero attached hydrogens (tertiary/aromatic N) is 2. The molecule has 2 amide bonds. The maximum atomic E-state index is 12.9. The van der Waals surface area contributed by atoms with Crippen molar-refractivity contribution in [1.29, 1.82) is 0 Å². The number of carbonyl (C=O) groups is 2. The molecule has 0 saturated heterocycles. The summed E-state index contributed by atoms with van der Waals surface area (Å²) >= 11 is 1.56. The predicted molar refractivity (Wildman–Crippen MR) is 140 cm³/mol. The second-order valence-corrected chi connectivity index (χ2v) is 9.43. The topological polar surface area (TPSA) is 90.0 Å². The number of hydrogen-bond acceptors (Lipinski definition) is 7. The number of rotatable bonds is 10. The number of fused-ring (bicyclic) bond motifs is 1. The average Bonchev–Trinajstić information content (AvgIpc) is 3.30. The lowest BCUT2D eigenvalue weighted by atomic mass is 10.1. The van der Waals surface area contributed by atoms with Gasteiger partial charge in [0.05, 0.1) is 29.6 Å². The van der Waals surface area contributed by atoms with Crippen LogP contribution in [-0.2, 0) is 16.0 Å². The second-order valence-electron chi connectivity index (χ2n) is 8.37. The number of aryl methyl sites for hydroxylation is 1. The Balaban J connectivity index is 1.42. The maximum absolute atomic E-state index is 12.9. The van der Waals surface area contributed by atoms with Gasteiger partial charge in [0, 0.05) is 17.5 Å².